The highest BCUT2D eigenvalue weighted by Crippen LogP contribution is 2.44. The molecule has 8 heteroatoms. The molecule has 1 aromatic rings. The molecule has 0 radical (unpaired) electrons. The van der Waals surface area contributed by atoms with E-state index in [4.69, 9.17) is 0 Å². The fourth-order valence-electron chi connectivity index (χ4n) is 2.97. The number of fused-ring (bicyclic) bond motifs is 1. The number of nitrogens with one attached hydrogen (secondary N) is 2. The SMILES string of the molecule is CC(=O)Nc1c(Br)cc2c(c1[N+](=O)[O-])CC(C)(NC(C)=O)C2. The van der Waals surface area contributed by atoms with Crippen LogP contribution in [0.3, 0.4) is 0 Å². The topological polar surface area (TPSA) is 101 Å². The standard InChI is InChI=1S/C14H16BrN3O4/c1-7(19)16-12-11(15)4-9-5-14(3,17-8(2)20)6-10(9)13(12)18(21)22/h4H,5-6H2,1-3H3,(H,16,19)(H,17,20). The number of benzene rings is 1. The Hall–Kier alpha value is -1.96. The minimum Gasteiger partial charge on any atom is -0.351 e. The second-order valence-corrected chi connectivity index (χ2v) is 6.61. The number of anilines is 1. The molecule has 2 rings (SSSR count). The van der Waals surface area contributed by atoms with Gasteiger partial charge in [0, 0.05) is 35.8 Å². The van der Waals surface area contributed by atoms with E-state index >= 15 is 0 Å². The highest BCUT2D eigenvalue weighted by Gasteiger charge is 2.40. The largest absolute Gasteiger partial charge is 0.351 e. The molecule has 0 fully saturated rings. The monoisotopic (exact) mass is 369 g/mol. The first-order valence-electron chi connectivity index (χ1n) is 6.68. The van der Waals surface area contributed by atoms with E-state index in [1.807, 2.05) is 6.92 Å². The smallest absolute Gasteiger partial charge is 0.297 e. The van der Waals surface area contributed by atoms with Gasteiger partial charge in [0.2, 0.25) is 11.8 Å². The van der Waals surface area contributed by atoms with Gasteiger partial charge in [-0.25, -0.2) is 0 Å². The number of hydrogen-bond acceptors (Lipinski definition) is 4. The number of nitrogens with zero attached hydrogens (tertiary/aromatic N) is 1. The van der Waals surface area contributed by atoms with E-state index in [1.165, 1.54) is 13.8 Å². The van der Waals surface area contributed by atoms with Gasteiger partial charge in [-0.3, -0.25) is 19.7 Å². The molecule has 1 aliphatic rings. The zero-order chi connectivity index (χ0) is 16.7. The van der Waals surface area contributed by atoms with Crippen LogP contribution in [0.1, 0.15) is 31.9 Å². The van der Waals surface area contributed by atoms with Gasteiger partial charge in [0.05, 0.1) is 4.92 Å². The fraction of sp³-hybridized carbons (Fsp3) is 0.429. The molecule has 1 atom stereocenters. The van der Waals surface area contributed by atoms with Gasteiger partial charge in [0.25, 0.3) is 5.69 Å². The van der Waals surface area contributed by atoms with Crippen LogP contribution in [0, 0.1) is 10.1 Å². The minimum atomic E-state index is -0.562. The zero-order valence-corrected chi connectivity index (χ0v) is 14.0. The lowest BCUT2D eigenvalue weighted by atomic mass is 9.98. The van der Waals surface area contributed by atoms with Crippen LogP contribution < -0.4 is 10.6 Å². The van der Waals surface area contributed by atoms with Crippen molar-refractivity contribution in [2.75, 3.05) is 5.32 Å². The van der Waals surface area contributed by atoms with Gasteiger partial charge in [-0.05, 0) is 40.9 Å². The van der Waals surface area contributed by atoms with Crippen LogP contribution in [0.5, 0.6) is 0 Å². The highest BCUT2D eigenvalue weighted by molar-refractivity contribution is 9.10. The van der Waals surface area contributed by atoms with Gasteiger partial charge in [-0.1, -0.05) is 0 Å². The van der Waals surface area contributed by atoms with Crippen molar-refractivity contribution in [3.05, 3.63) is 31.8 Å². The first kappa shape index (κ1) is 16.4. The summed E-state index contributed by atoms with van der Waals surface area (Å²) in [6.45, 7) is 4.57. The lowest BCUT2D eigenvalue weighted by molar-refractivity contribution is -0.384. The molecule has 2 N–H and O–H groups in total. The summed E-state index contributed by atoms with van der Waals surface area (Å²) in [6.07, 6.45) is 0.847. The van der Waals surface area contributed by atoms with Crippen LogP contribution in [0.4, 0.5) is 11.4 Å². The Balaban J connectivity index is 2.56. The number of hydrogen-bond donors (Lipinski definition) is 2. The number of carbonyl (C=O) groups excluding carboxylic acids is 2. The molecule has 118 valence electrons. The third kappa shape index (κ3) is 3.11. The first-order valence-corrected chi connectivity index (χ1v) is 7.47. The lowest BCUT2D eigenvalue weighted by Crippen LogP contribution is -2.45. The van der Waals surface area contributed by atoms with Crippen molar-refractivity contribution >= 4 is 39.1 Å². The number of halogens is 1. The number of nitro groups is 1. The van der Waals surface area contributed by atoms with Crippen LogP contribution in [-0.2, 0) is 22.4 Å². The van der Waals surface area contributed by atoms with E-state index < -0.39 is 10.5 Å². The van der Waals surface area contributed by atoms with Crippen molar-refractivity contribution in [3.8, 4) is 0 Å². The molecule has 0 saturated carbocycles. The van der Waals surface area contributed by atoms with Gasteiger partial charge >= 0.3 is 0 Å². The highest BCUT2D eigenvalue weighted by atomic mass is 79.9. The van der Waals surface area contributed by atoms with Crippen LogP contribution in [0.2, 0.25) is 0 Å². The maximum absolute atomic E-state index is 11.5. The molecule has 2 amide bonds. The van der Waals surface area contributed by atoms with Crippen molar-refractivity contribution in [2.24, 2.45) is 0 Å². The molecule has 1 unspecified atom stereocenters. The third-order valence-electron chi connectivity index (χ3n) is 3.56. The Kier molecular flexibility index (Phi) is 4.23. The zero-order valence-electron chi connectivity index (χ0n) is 12.4. The van der Waals surface area contributed by atoms with Crippen molar-refractivity contribution in [1.82, 2.24) is 5.32 Å². The molecule has 1 aromatic carbocycles. The number of amides is 2. The van der Waals surface area contributed by atoms with Crippen molar-refractivity contribution in [3.63, 3.8) is 0 Å². The first-order chi connectivity index (χ1) is 10.1. The molecule has 0 heterocycles. The second-order valence-electron chi connectivity index (χ2n) is 5.75. The summed E-state index contributed by atoms with van der Waals surface area (Å²) in [5, 5.41) is 16.8. The molecule has 0 bridgehead atoms. The maximum atomic E-state index is 11.5. The molecule has 1 aliphatic carbocycles. The average Bonchev–Trinajstić information content (AvgIpc) is 2.62. The molecule has 0 spiro atoms. The second kappa shape index (κ2) is 5.68. The quantitative estimate of drug-likeness (QED) is 0.630. The van der Waals surface area contributed by atoms with Gasteiger partial charge in [0.15, 0.2) is 0 Å². The molecule has 22 heavy (non-hydrogen) atoms. The third-order valence-corrected chi connectivity index (χ3v) is 4.18. The van der Waals surface area contributed by atoms with Crippen molar-refractivity contribution in [1.29, 1.82) is 0 Å². The average molecular weight is 370 g/mol. The van der Waals surface area contributed by atoms with E-state index in [-0.39, 0.29) is 23.2 Å². The Bertz CT molecular complexity index is 689. The summed E-state index contributed by atoms with van der Waals surface area (Å²) in [5.74, 6) is -0.564. The van der Waals surface area contributed by atoms with Crippen LogP contribution in [-0.4, -0.2) is 22.3 Å². The van der Waals surface area contributed by atoms with Crippen molar-refractivity contribution < 1.29 is 14.5 Å². The summed E-state index contributed by atoms with van der Waals surface area (Å²) >= 11 is 3.28. The Labute approximate surface area is 135 Å². The van der Waals surface area contributed by atoms with Gasteiger partial charge in [-0.2, -0.15) is 0 Å². The molecular weight excluding hydrogens is 354 g/mol. The number of nitro benzene ring substituents is 1. The van der Waals surface area contributed by atoms with Crippen LogP contribution in [0.15, 0.2) is 10.5 Å². The van der Waals surface area contributed by atoms with Crippen LogP contribution in [0.25, 0.3) is 0 Å². The Morgan fingerprint density at radius 2 is 1.95 bits per heavy atom. The van der Waals surface area contributed by atoms with E-state index in [0.29, 0.717) is 22.9 Å². The maximum Gasteiger partial charge on any atom is 0.297 e. The van der Waals surface area contributed by atoms with E-state index in [9.17, 15) is 19.7 Å². The molecule has 0 aliphatic heterocycles. The summed E-state index contributed by atoms with van der Waals surface area (Å²) < 4.78 is 0.459. The van der Waals surface area contributed by atoms with Crippen molar-refractivity contribution in [2.45, 2.75) is 39.2 Å². The van der Waals surface area contributed by atoms with E-state index in [0.717, 1.165) is 5.56 Å². The summed E-state index contributed by atoms with van der Waals surface area (Å²) in [4.78, 5) is 33.6. The van der Waals surface area contributed by atoms with Gasteiger partial charge in [-0.15, -0.1) is 0 Å². The molecular formula is C14H16BrN3O4. The predicted molar refractivity (Wildman–Crippen MR) is 84.7 cm³/mol. The minimum absolute atomic E-state index is 0.117. The predicted octanol–water partition coefficient (Wildman–Crippen LogP) is 2.31. The number of rotatable bonds is 3. The van der Waals surface area contributed by atoms with Crippen LogP contribution >= 0.6 is 15.9 Å². The van der Waals surface area contributed by atoms with E-state index in [1.54, 1.807) is 6.07 Å². The fourth-order valence-corrected chi connectivity index (χ4v) is 3.53. The summed E-state index contributed by atoms with van der Waals surface area (Å²) in [6, 6.07) is 1.76. The lowest BCUT2D eigenvalue weighted by Gasteiger charge is -2.24. The van der Waals surface area contributed by atoms with Gasteiger partial charge < -0.3 is 10.6 Å². The normalized spacial score (nSPS) is 19.5. The molecule has 0 aromatic heterocycles. The molecule has 7 nitrogen and oxygen atoms in total. The van der Waals surface area contributed by atoms with Gasteiger partial charge in [0.1, 0.15) is 5.69 Å². The van der Waals surface area contributed by atoms with E-state index in [2.05, 4.69) is 26.6 Å². The Morgan fingerprint density at radius 3 is 2.45 bits per heavy atom. The Morgan fingerprint density at radius 1 is 1.32 bits per heavy atom. The summed E-state index contributed by atoms with van der Waals surface area (Å²) in [5.41, 5.74) is 0.821. The summed E-state index contributed by atoms with van der Waals surface area (Å²) in [7, 11) is 0. The molecule has 0 saturated heterocycles. The number of carbonyl (C=O) groups is 2.